The molecule has 0 spiro atoms. The molecule has 6 nitrogen and oxygen atoms in total. The second kappa shape index (κ2) is 7.64. The molecule has 2 aliphatic rings. The summed E-state index contributed by atoms with van der Waals surface area (Å²) in [6.07, 6.45) is 0.278. The van der Waals surface area contributed by atoms with Crippen molar-refractivity contribution in [3.63, 3.8) is 0 Å². The highest BCUT2D eigenvalue weighted by molar-refractivity contribution is 7.22. The average Bonchev–Trinajstić information content (AvgIpc) is 3.24. The smallest absolute Gasteiger partial charge is 0.229 e. The van der Waals surface area contributed by atoms with E-state index in [0.29, 0.717) is 11.7 Å². The first-order valence-electron chi connectivity index (χ1n) is 9.74. The molecule has 1 aromatic carbocycles. The Morgan fingerprint density at radius 2 is 2.04 bits per heavy atom. The zero-order valence-electron chi connectivity index (χ0n) is 16.5. The van der Waals surface area contributed by atoms with Crippen LogP contribution in [0.3, 0.4) is 0 Å². The lowest BCUT2D eigenvalue weighted by Crippen LogP contribution is -2.50. The van der Waals surface area contributed by atoms with Crippen molar-refractivity contribution in [3.8, 4) is 0 Å². The minimum absolute atomic E-state index is 0.00459. The van der Waals surface area contributed by atoms with Crippen LogP contribution >= 0.6 is 11.3 Å². The predicted molar refractivity (Wildman–Crippen MR) is 113 cm³/mol. The molecule has 28 heavy (non-hydrogen) atoms. The molecule has 1 aromatic heterocycles. The summed E-state index contributed by atoms with van der Waals surface area (Å²) in [5, 5.41) is 0.701. The SMILES string of the molecule is C=C(C)CN1CCN(C(=O)C2CC(=O)N(c3nc4ccc(C)cc4s3)C2)CC1. The Hall–Kier alpha value is -2.25. The maximum Gasteiger partial charge on any atom is 0.229 e. The normalized spacial score (nSPS) is 20.9. The lowest BCUT2D eigenvalue weighted by Gasteiger charge is -2.35. The van der Waals surface area contributed by atoms with E-state index >= 15 is 0 Å². The van der Waals surface area contributed by atoms with E-state index in [9.17, 15) is 9.59 Å². The van der Waals surface area contributed by atoms with Gasteiger partial charge in [0.1, 0.15) is 0 Å². The summed E-state index contributed by atoms with van der Waals surface area (Å²) < 4.78 is 1.08. The van der Waals surface area contributed by atoms with Gasteiger partial charge in [-0.3, -0.25) is 19.4 Å². The molecule has 1 unspecified atom stereocenters. The molecule has 2 aromatic rings. The molecule has 2 fully saturated rings. The number of benzene rings is 1. The number of aromatic nitrogens is 1. The van der Waals surface area contributed by atoms with E-state index in [2.05, 4.69) is 22.5 Å². The van der Waals surface area contributed by atoms with E-state index in [-0.39, 0.29) is 24.2 Å². The Morgan fingerprint density at radius 1 is 1.29 bits per heavy atom. The molecule has 3 heterocycles. The molecule has 0 aliphatic carbocycles. The molecule has 4 rings (SSSR count). The molecular weight excluding hydrogens is 372 g/mol. The van der Waals surface area contributed by atoms with E-state index in [1.807, 2.05) is 30.9 Å². The summed E-state index contributed by atoms with van der Waals surface area (Å²) >= 11 is 1.52. The van der Waals surface area contributed by atoms with Crippen molar-refractivity contribution in [2.45, 2.75) is 20.3 Å². The zero-order chi connectivity index (χ0) is 19.8. The van der Waals surface area contributed by atoms with E-state index in [1.54, 1.807) is 4.90 Å². The van der Waals surface area contributed by atoms with Crippen molar-refractivity contribution in [3.05, 3.63) is 35.9 Å². The molecule has 0 N–H and O–H groups in total. The first-order chi connectivity index (χ1) is 13.4. The summed E-state index contributed by atoms with van der Waals surface area (Å²) in [7, 11) is 0. The molecular formula is C21H26N4O2S. The second-order valence-electron chi connectivity index (χ2n) is 7.93. The van der Waals surface area contributed by atoms with Crippen LogP contribution in [0.4, 0.5) is 5.13 Å². The Balaban J connectivity index is 1.41. The van der Waals surface area contributed by atoms with Gasteiger partial charge in [0, 0.05) is 45.7 Å². The minimum Gasteiger partial charge on any atom is -0.340 e. The highest BCUT2D eigenvalue weighted by Gasteiger charge is 2.39. The van der Waals surface area contributed by atoms with E-state index < -0.39 is 0 Å². The van der Waals surface area contributed by atoms with Gasteiger partial charge in [-0.25, -0.2) is 4.98 Å². The van der Waals surface area contributed by atoms with Crippen molar-refractivity contribution in [1.82, 2.24) is 14.8 Å². The Morgan fingerprint density at radius 3 is 2.75 bits per heavy atom. The number of fused-ring (bicyclic) bond motifs is 1. The van der Waals surface area contributed by atoms with Crippen LogP contribution in [0.1, 0.15) is 18.9 Å². The first kappa shape index (κ1) is 19.1. The van der Waals surface area contributed by atoms with E-state index in [0.717, 1.165) is 48.5 Å². The van der Waals surface area contributed by atoms with Gasteiger partial charge in [0.25, 0.3) is 0 Å². The van der Waals surface area contributed by atoms with Gasteiger partial charge < -0.3 is 4.90 Å². The van der Waals surface area contributed by atoms with Crippen molar-refractivity contribution in [2.75, 3.05) is 44.2 Å². The molecule has 0 bridgehead atoms. The summed E-state index contributed by atoms with van der Waals surface area (Å²) in [4.78, 5) is 36.1. The molecule has 2 aliphatic heterocycles. The van der Waals surface area contributed by atoms with Crippen LogP contribution in [0.15, 0.2) is 30.4 Å². The van der Waals surface area contributed by atoms with Crippen LogP contribution in [0.2, 0.25) is 0 Å². The maximum absolute atomic E-state index is 13.0. The maximum atomic E-state index is 13.0. The number of rotatable bonds is 4. The number of hydrogen-bond acceptors (Lipinski definition) is 5. The quantitative estimate of drug-likeness (QED) is 0.743. The van der Waals surface area contributed by atoms with Crippen molar-refractivity contribution < 1.29 is 9.59 Å². The molecule has 1 atom stereocenters. The predicted octanol–water partition coefficient (Wildman–Crippen LogP) is 2.68. The second-order valence-corrected chi connectivity index (χ2v) is 8.94. The lowest BCUT2D eigenvalue weighted by molar-refractivity contribution is -0.137. The number of carbonyl (C=O) groups is 2. The van der Waals surface area contributed by atoms with Crippen LogP contribution < -0.4 is 4.90 Å². The molecule has 0 saturated carbocycles. The van der Waals surface area contributed by atoms with Gasteiger partial charge in [0.2, 0.25) is 11.8 Å². The Bertz CT molecular complexity index is 930. The van der Waals surface area contributed by atoms with Crippen LogP contribution in [-0.2, 0) is 9.59 Å². The minimum atomic E-state index is -0.270. The fraction of sp³-hybridized carbons (Fsp3) is 0.476. The van der Waals surface area contributed by atoms with Gasteiger partial charge in [0.05, 0.1) is 16.1 Å². The Kier molecular flexibility index (Phi) is 5.21. The van der Waals surface area contributed by atoms with Gasteiger partial charge >= 0.3 is 0 Å². The lowest BCUT2D eigenvalue weighted by atomic mass is 10.1. The average molecular weight is 399 g/mol. The molecule has 7 heteroatoms. The summed E-state index contributed by atoms with van der Waals surface area (Å²) in [5.74, 6) is -0.174. The fourth-order valence-electron chi connectivity index (χ4n) is 3.96. The van der Waals surface area contributed by atoms with Crippen LogP contribution in [0.25, 0.3) is 10.2 Å². The van der Waals surface area contributed by atoms with Gasteiger partial charge in [-0.05, 0) is 31.5 Å². The first-order valence-corrected chi connectivity index (χ1v) is 10.6. The molecule has 2 saturated heterocycles. The monoisotopic (exact) mass is 398 g/mol. The number of carbonyl (C=O) groups excluding carboxylic acids is 2. The third-order valence-corrected chi connectivity index (χ3v) is 6.46. The van der Waals surface area contributed by atoms with E-state index in [1.165, 1.54) is 16.9 Å². The summed E-state index contributed by atoms with van der Waals surface area (Å²) in [6.45, 7) is 12.5. The highest BCUT2D eigenvalue weighted by Crippen LogP contribution is 2.33. The Labute approximate surface area is 169 Å². The van der Waals surface area contributed by atoms with Gasteiger partial charge in [-0.1, -0.05) is 29.6 Å². The van der Waals surface area contributed by atoms with Crippen LogP contribution in [-0.4, -0.2) is 65.9 Å². The summed E-state index contributed by atoms with van der Waals surface area (Å²) in [6, 6.07) is 6.10. The summed E-state index contributed by atoms with van der Waals surface area (Å²) in [5.41, 5.74) is 3.22. The number of aryl methyl sites for hydroxylation is 1. The number of piperazine rings is 1. The fourth-order valence-corrected chi connectivity index (χ4v) is 5.05. The number of hydrogen-bond donors (Lipinski definition) is 0. The van der Waals surface area contributed by atoms with Gasteiger partial charge in [0.15, 0.2) is 5.13 Å². The van der Waals surface area contributed by atoms with Gasteiger partial charge in [-0.15, -0.1) is 0 Å². The van der Waals surface area contributed by atoms with Crippen LogP contribution in [0.5, 0.6) is 0 Å². The number of amides is 2. The van der Waals surface area contributed by atoms with Crippen molar-refractivity contribution in [1.29, 1.82) is 0 Å². The number of anilines is 1. The van der Waals surface area contributed by atoms with Crippen LogP contribution in [0, 0.1) is 12.8 Å². The highest BCUT2D eigenvalue weighted by atomic mass is 32.1. The van der Waals surface area contributed by atoms with Gasteiger partial charge in [-0.2, -0.15) is 0 Å². The number of thiazole rings is 1. The molecule has 2 amide bonds. The zero-order valence-corrected chi connectivity index (χ0v) is 17.3. The van der Waals surface area contributed by atoms with E-state index in [4.69, 9.17) is 0 Å². The topological polar surface area (TPSA) is 56.8 Å². The standard InChI is InChI=1S/C21H26N4O2S/c1-14(2)12-23-6-8-24(9-7-23)20(27)16-11-19(26)25(13-16)21-22-17-5-4-15(3)10-18(17)28-21/h4-5,10,16H,1,6-9,11-13H2,2-3H3. The largest absolute Gasteiger partial charge is 0.340 e. The van der Waals surface area contributed by atoms with Crippen molar-refractivity contribution >= 4 is 38.5 Å². The van der Waals surface area contributed by atoms with Crippen molar-refractivity contribution in [2.24, 2.45) is 5.92 Å². The molecule has 0 radical (unpaired) electrons. The third-order valence-electron chi connectivity index (χ3n) is 5.42. The number of nitrogens with zero attached hydrogens (tertiary/aromatic N) is 4. The third kappa shape index (κ3) is 3.82. The molecule has 148 valence electrons.